The zero-order chi connectivity index (χ0) is 12.7. The van der Waals surface area contributed by atoms with Gasteiger partial charge in [0.1, 0.15) is 0 Å². The van der Waals surface area contributed by atoms with E-state index in [1.54, 1.807) is 0 Å². The van der Waals surface area contributed by atoms with Crippen molar-refractivity contribution in [3.05, 3.63) is 11.6 Å². The number of carboxylic acids is 1. The van der Waals surface area contributed by atoms with Crippen LogP contribution in [0, 0.1) is 0 Å². The molecule has 0 amide bonds. The summed E-state index contributed by atoms with van der Waals surface area (Å²) in [6, 6.07) is 0.664. The second kappa shape index (κ2) is 7.49. The van der Waals surface area contributed by atoms with Crippen molar-refractivity contribution in [1.29, 1.82) is 0 Å². The number of hydrogen-bond acceptors (Lipinski definition) is 2. The van der Waals surface area contributed by atoms with Crippen LogP contribution in [0.4, 0.5) is 0 Å². The highest BCUT2D eigenvalue weighted by molar-refractivity contribution is 5.86. The van der Waals surface area contributed by atoms with Gasteiger partial charge >= 0.3 is 5.97 Å². The molecule has 0 aromatic carbocycles. The lowest BCUT2D eigenvalue weighted by Gasteiger charge is -2.32. The summed E-state index contributed by atoms with van der Waals surface area (Å²) in [4.78, 5) is 13.3. The van der Waals surface area contributed by atoms with Gasteiger partial charge in [-0.05, 0) is 25.8 Å². The van der Waals surface area contributed by atoms with Crippen molar-refractivity contribution in [2.24, 2.45) is 0 Å². The minimum absolute atomic E-state index is 0.541. The Labute approximate surface area is 105 Å². The SMILES string of the molecule is CCC(=CCN(CC)C1CCCCC1)C(=O)O. The monoisotopic (exact) mass is 239 g/mol. The Hall–Kier alpha value is -0.830. The second-order valence-corrected chi connectivity index (χ2v) is 4.77. The van der Waals surface area contributed by atoms with Crippen LogP contribution in [0.2, 0.25) is 0 Å². The molecule has 3 nitrogen and oxygen atoms in total. The van der Waals surface area contributed by atoms with Crippen molar-refractivity contribution in [3.8, 4) is 0 Å². The van der Waals surface area contributed by atoms with Gasteiger partial charge in [-0.2, -0.15) is 0 Å². The summed E-state index contributed by atoms with van der Waals surface area (Å²) >= 11 is 0. The van der Waals surface area contributed by atoms with Crippen molar-refractivity contribution < 1.29 is 9.90 Å². The Morgan fingerprint density at radius 2 is 1.94 bits per heavy atom. The summed E-state index contributed by atoms with van der Waals surface area (Å²) in [5.41, 5.74) is 0.541. The Kier molecular flexibility index (Phi) is 6.27. The molecule has 1 fully saturated rings. The molecule has 0 saturated heterocycles. The van der Waals surface area contributed by atoms with Crippen molar-refractivity contribution >= 4 is 5.97 Å². The molecule has 1 N–H and O–H groups in total. The van der Waals surface area contributed by atoms with E-state index in [-0.39, 0.29) is 0 Å². The highest BCUT2D eigenvalue weighted by atomic mass is 16.4. The van der Waals surface area contributed by atoms with Gasteiger partial charge in [0.2, 0.25) is 0 Å². The fourth-order valence-electron chi connectivity index (χ4n) is 2.59. The molecule has 0 spiro atoms. The molecule has 3 heteroatoms. The van der Waals surface area contributed by atoms with E-state index in [4.69, 9.17) is 5.11 Å². The molecule has 0 heterocycles. The van der Waals surface area contributed by atoms with Crippen molar-refractivity contribution in [1.82, 2.24) is 4.90 Å². The molecule has 0 aliphatic heterocycles. The van der Waals surface area contributed by atoms with Crippen LogP contribution in [0.15, 0.2) is 11.6 Å². The zero-order valence-electron chi connectivity index (χ0n) is 11.1. The maximum atomic E-state index is 10.9. The standard InChI is InChI=1S/C14H25NO2/c1-3-12(14(16)17)10-11-15(4-2)13-8-6-5-7-9-13/h10,13H,3-9,11H2,1-2H3,(H,16,17). The van der Waals surface area contributed by atoms with Crippen LogP contribution in [0.25, 0.3) is 0 Å². The van der Waals surface area contributed by atoms with Gasteiger partial charge in [0.05, 0.1) is 0 Å². The van der Waals surface area contributed by atoms with Crippen LogP contribution in [-0.4, -0.2) is 35.1 Å². The predicted octanol–water partition coefficient (Wildman–Crippen LogP) is 3.06. The third-order valence-electron chi connectivity index (χ3n) is 3.73. The lowest BCUT2D eigenvalue weighted by Crippen LogP contribution is -2.36. The first kappa shape index (κ1) is 14.2. The minimum Gasteiger partial charge on any atom is -0.478 e. The molecule has 0 unspecified atom stereocenters. The maximum absolute atomic E-state index is 10.9. The van der Waals surface area contributed by atoms with Gasteiger partial charge in [0, 0.05) is 18.2 Å². The fraction of sp³-hybridized carbons (Fsp3) is 0.786. The van der Waals surface area contributed by atoms with E-state index < -0.39 is 5.97 Å². The highest BCUT2D eigenvalue weighted by Gasteiger charge is 2.19. The van der Waals surface area contributed by atoms with Crippen LogP contribution in [0.3, 0.4) is 0 Å². The molecule has 1 aliphatic carbocycles. The van der Waals surface area contributed by atoms with E-state index in [0.29, 0.717) is 18.0 Å². The van der Waals surface area contributed by atoms with Gasteiger partial charge in [-0.3, -0.25) is 4.90 Å². The molecule has 0 radical (unpaired) electrons. The molecular formula is C14H25NO2. The van der Waals surface area contributed by atoms with Gasteiger partial charge < -0.3 is 5.11 Å². The lowest BCUT2D eigenvalue weighted by molar-refractivity contribution is -0.132. The van der Waals surface area contributed by atoms with Gasteiger partial charge in [-0.25, -0.2) is 4.79 Å². The van der Waals surface area contributed by atoms with E-state index in [2.05, 4.69) is 11.8 Å². The Bertz CT molecular complexity index is 267. The number of carboxylic acid groups (broad SMARTS) is 1. The third-order valence-corrected chi connectivity index (χ3v) is 3.73. The summed E-state index contributed by atoms with van der Waals surface area (Å²) in [5.74, 6) is -0.771. The quantitative estimate of drug-likeness (QED) is 0.724. The number of aliphatic carboxylic acids is 1. The lowest BCUT2D eigenvalue weighted by atomic mass is 9.94. The second-order valence-electron chi connectivity index (χ2n) is 4.77. The molecule has 0 aromatic rings. The fourth-order valence-corrected chi connectivity index (χ4v) is 2.59. The smallest absolute Gasteiger partial charge is 0.331 e. The summed E-state index contributed by atoms with van der Waals surface area (Å²) in [7, 11) is 0. The normalized spacial score (nSPS) is 18.6. The molecule has 1 saturated carbocycles. The average Bonchev–Trinajstić information content (AvgIpc) is 2.35. The van der Waals surface area contributed by atoms with Crippen molar-refractivity contribution in [3.63, 3.8) is 0 Å². The van der Waals surface area contributed by atoms with Crippen LogP contribution < -0.4 is 0 Å². The first-order valence-corrected chi connectivity index (χ1v) is 6.85. The van der Waals surface area contributed by atoms with E-state index in [1.807, 2.05) is 13.0 Å². The molecule has 1 aliphatic rings. The Morgan fingerprint density at radius 1 is 1.29 bits per heavy atom. The molecule has 0 aromatic heterocycles. The highest BCUT2D eigenvalue weighted by Crippen LogP contribution is 2.22. The number of nitrogens with zero attached hydrogens (tertiary/aromatic N) is 1. The number of likely N-dealkylation sites (N-methyl/N-ethyl adjacent to an activating group) is 1. The molecule has 0 atom stereocenters. The van der Waals surface area contributed by atoms with Crippen LogP contribution in [-0.2, 0) is 4.79 Å². The van der Waals surface area contributed by atoms with Crippen molar-refractivity contribution in [2.45, 2.75) is 58.4 Å². The van der Waals surface area contributed by atoms with E-state index in [9.17, 15) is 4.79 Å². The van der Waals surface area contributed by atoms with Gasteiger partial charge in [-0.15, -0.1) is 0 Å². The van der Waals surface area contributed by atoms with Crippen LogP contribution in [0.1, 0.15) is 52.4 Å². The summed E-state index contributed by atoms with van der Waals surface area (Å²) in [5, 5.41) is 8.98. The summed E-state index contributed by atoms with van der Waals surface area (Å²) in [6.07, 6.45) is 9.05. The largest absolute Gasteiger partial charge is 0.478 e. The zero-order valence-corrected chi connectivity index (χ0v) is 11.1. The minimum atomic E-state index is -0.771. The molecular weight excluding hydrogens is 214 g/mol. The predicted molar refractivity (Wildman–Crippen MR) is 70.1 cm³/mol. The molecule has 0 bridgehead atoms. The Balaban J connectivity index is 2.53. The average molecular weight is 239 g/mol. The third kappa shape index (κ3) is 4.50. The van der Waals surface area contributed by atoms with Gasteiger partial charge in [0.25, 0.3) is 0 Å². The summed E-state index contributed by atoms with van der Waals surface area (Å²) in [6.45, 7) is 5.86. The van der Waals surface area contributed by atoms with Crippen LogP contribution in [0.5, 0.6) is 0 Å². The van der Waals surface area contributed by atoms with Gasteiger partial charge in [-0.1, -0.05) is 39.2 Å². The Morgan fingerprint density at radius 3 is 2.41 bits per heavy atom. The van der Waals surface area contributed by atoms with E-state index >= 15 is 0 Å². The van der Waals surface area contributed by atoms with E-state index in [1.165, 1.54) is 32.1 Å². The van der Waals surface area contributed by atoms with Crippen molar-refractivity contribution in [2.75, 3.05) is 13.1 Å². The number of carbonyl (C=O) groups is 1. The molecule has 17 heavy (non-hydrogen) atoms. The first-order valence-electron chi connectivity index (χ1n) is 6.85. The number of hydrogen-bond donors (Lipinski definition) is 1. The summed E-state index contributed by atoms with van der Waals surface area (Å²) < 4.78 is 0. The van der Waals surface area contributed by atoms with E-state index in [0.717, 1.165) is 13.1 Å². The first-order chi connectivity index (χ1) is 8.19. The maximum Gasteiger partial charge on any atom is 0.331 e. The molecule has 1 rings (SSSR count). The van der Waals surface area contributed by atoms with Crippen LogP contribution >= 0.6 is 0 Å². The molecule has 98 valence electrons. The topological polar surface area (TPSA) is 40.5 Å². The number of rotatable bonds is 6. The van der Waals surface area contributed by atoms with Gasteiger partial charge in [0.15, 0.2) is 0 Å².